The van der Waals surface area contributed by atoms with Gasteiger partial charge in [0, 0.05) is 0 Å². The number of aliphatic imine (C=N–C) groups is 2. The maximum atomic E-state index is 13.2. The van der Waals surface area contributed by atoms with Gasteiger partial charge in [0.25, 0.3) is 0 Å². The predicted molar refractivity (Wildman–Crippen MR) is 115 cm³/mol. The van der Waals surface area contributed by atoms with E-state index >= 15 is 0 Å². The summed E-state index contributed by atoms with van der Waals surface area (Å²) in [5, 5.41) is 0. The second-order valence-electron chi connectivity index (χ2n) is 6.61. The van der Waals surface area contributed by atoms with Gasteiger partial charge in [0.1, 0.15) is 11.4 Å². The molecule has 0 saturated heterocycles. The van der Waals surface area contributed by atoms with Crippen LogP contribution in [0, 0.1) is 5.82 Å². The molecule has 4 rings (SSSR count). The fourth-order valence-corrected chi connectivity index (χ4v) is 3.41. The standard InChI is InChI=1S/C26H19FN2/c27-24-16-18-25(19-17-24)28-20-29-26(21-10-4-1-5-11-21,22-12-6-2-7-13-22)23-14-8-3-9-15-23/h1-19H. The first-order chi connectivity index (χ1) is 14.3. The summed E-state index contributed by atoms with van der Waals surface area (Å²) in [5.41, 5.74) is 2.84. The molecule has 0 aromatic heterocycles. The van der Waals surface area contributed by atoms with E-state index in [-0.39, 0.29) is 5.82 Å². The lowest BCUT2D eigenvalue weighted by atomic mass is 9.77. The van der Waals surface area contributed by atoms with E-state index < -0.39 is 5.54 Å². The van der Waals surface area contributed by atoms with Crippen LogP contribution in [0.2, 0.25) is 0 Å². The van der Waals surface area contributed by atoms with Gasteiger partial charge in [0.15, 0.2) is 0 Å². The first kappa shape index (κ1) is 18.5. The zero-order valence-corrected chi connectivity index (χ0v) is 15.7. The summed E-state index contributed by atoms with van der Waals surface area (Å²) in [6.07, 6.45) is 0. The lowest BCUT2D eigenvalue weighted by molar-refractivity contribution is 0.628. The Labute approximate surface area is 169 Å². The van der Waals surface area contributed by atoms with Crippen LogP contribution in [0.5, 0.6) is 0 Å². The summed E-state index contributed by atoms with van der Waals surface area (Å²) in [6, 6.07) is 39.2. The minimum atomic E-state index is -0.798. The molecule has 29 heavy (non-hydrogen) atoms. The molecule has 0 amide bonds. The van der Waals surface area contributed by atoms with Crippen LogP contribution in [0.1, 0.15) is 16.7 Å². The van der Waals surface area contributed by atoms with E-state index in [1.807, 2.05) is 54.6 Å². The lowest BCUT2D eigenvalue weighted by Gasteiger charge is -2.30. The Morgan fingerprint density at radius 1 is 0.552 bits per heavy atom. The smallest absolute Gasteiger partial charge is 0.147 e. The largest absolute Gasteiger partial charge is 0.207 e. The van der Waals surface area contributed by atoms with Crippen LogP contribution in [0.15, 0.2) is 125 Å². The Balaban J connectivity index is 1.95. The molecule has 0 unspecified atom stereocenters. The summed E-state index contributed by atoms with van der Waals surface area (Å²) >= 11 is 0. The SMILES string of the molecule is Fc1ccc(N=C=NC(c2ccccc2)(c2ccccc2)c2ccccc2)cc1. The molecule has 0 atom stereocenters. The lowest BCUT2D eigenvalue weighted by Crippen LogP contribution is -2.26. The molecule has 2 nitrogen and oxygen atoms in total. The van der Waals surface area contributed by atoms with Crippen molar-refractivity contribution in [2.45, 2.75) is 5.54 Å². The van der Waals surface area contributed by atoms with Crippen molar-refractivity contribution in [3.8, 4) is 0 Å². The maximum absolute atomic E-state index is 13.2. The summed E-state index contributed by atoms with van der Waals surface area (Å²) in [7, 11) is 0. The molecule has 0 aliphatic heterocycles. The Bertz CT molecular complexity index is 1020. The highest BCUT2D eigenvalue weighted by Crippen LogP contribution is 2.40. The third-order valence-corrected chi connectivity index (χ3v) is 4.80. The summed E-state index contributed by atoms with van der Waals surface area (Å²) < 4.78 is 13.2. The molecular weight excluding hydrogens is 359 g/mol. The Morgan fingerprint density at radius 3 is 1.38 bits per heavy atom. The maximum Gasteiger partial charge on any atom is 0.147 e. The second kappa shape index (κ2) is 8.47. The molecule has 4 aromatic carbocycles. The van der Waals surface area contributed by atoms with Gasteiger partial charge in [-0.25, -0.2) is 9.38 Å². The quantitative estimate of drug-likeness (QED) is 0.275. The van der Waals surface area contributed by atoms with Gasteiger partial charge in [-0.05, 0) is 41.0 Å². The fraction of sp³-hybridized carbons (Fsp3) is 0.0385. The number of hydrogen-bond donors (Lipinski definition) is 0. The first-order valence-corrected chi connectivity index (χ1v) is 9.39. The molecule has 0 aliphatic rings. The van der Waals surface area contributed by atoms with E-state index in [4.69, 9.17) is 4.99 Å². The Hall–Kier alpha value is -3.81. The van der Waals surface area contributed by atoms with Crippen molar-refractivity contribution >= 4 is 11.7 Å². The van der Waals surface area contributed by atoms with E-state index in [0.717, 1.165) is 16.7 Å². The van der Waals surface area contributed by atoms with Gasteiger partial charge in [-0.1, -0.05) is 91.0 Å². The van der Waals surface area contributed by atoms with Crippen LogP contribution in [0.25, 0.3) is 0 Å². The third-order valence-electron chi connectivity index (χ3n) is 4.80. The van der Waals surface area contributed by atoms with Crippen molar-refractivity contribution in [2.75, 3.05) is 0 Å². The van der Waals surface area contributed by atoms with Gasteiger partial charge < -0.3 is 0 Å². The zero-order chi connectivity index (χ0) is 19.9. The molecule has 0 bridgehead atoms. The van der Waals surface area contributed by atoms with Crippen LogP contribution >= 0.6 is 0 Å². The number of hydrogen-bond acceptors (Lipinski definition) is 2. The van der Waals surface area contributed by atoms with Crippen LogP contribution in [-0.2, 0) is 5.54 Å². The van der Waals surface area contributed by atoms with Gasteiger partial charge >= 0.3 is 0 Å². The van der Waals surface area contributed by atoms with Gasteiger partial charge in [-0.2, -0.15) is 4.99 Å². The highest BCUT2D eigenvalue weighted by Gasteiger charge is 2.35. The topological polar surface area (TPSA) is 24.7 Å². The third kappa shape index (κ3) is 3.91. The molecule has 4 aromatic rings. The van der Waals surface area contributed by atoms with Crippen LogP contribution in [-0.4, -0.2) is 6.01 Å². The average molecular weight is 378 g/mol. The molecule has 0 saturated carbocycles. The first-order valence-electron chi connectivity index (χ1n) is 9.39. The van der Waals surface area contributed by atoms with Crippen LogP contribution < -0.4 is 0 Å². The monoisotopic (exact) mass is 378 g/mol. The molecule has 0 aliphatic carbocycles. The van der Waals surface area contributed by atoms with Crippen LogP contribution in [0.3, 0.4) is 0 Å². The second-order valence-corrected chi connectivity index (χ2v) is 6.61. The van der Waals surface area contributed by atoms with Crippen molar-refractivity contribution in [1.82, 2.24) is 0 Å². The summed E-state index contributed by atoms with van der Waals surface area (Å²) in [5.74, 6) is -0.298. The van der Waals surface area contributed by atoms with Crippen molar-refractivity contribution in [3.63, 3.8) is 0 Å². The van der Waals surface area contributed by atoms with Crippen molar-refractivity contribution in [2.24, 2.45) is 9.98 Å². The van der Waals surface area contributed by atoms with E-state index in [1.165, 1.54) is 12.1 Å². The normalized spacial score (nSPS) is 10.8. The predicted octanol–water partition coefficient (Wildman–Crippen LogP) is 6.62. The molecule has 3 heteroatoms. The van der Waals surface area contributed by atoms with Crippen molar-refractivity contribution in [3.05, 3.63) is 138 Å². The van der Waals surface area contributed by atoms with Crippen molar-refractivity contribution < 1.29 is 4.39 Å². The Kier molecular flexibility index (Phi) is 5.42. The Morgan fingerprint density at radius 2 is 0.966 bits per heavy atom. The molecule has 0 heterocycles. The van der Waals surface area contributed by atoms with Crippen molar-refractivity contribution in [1.29, 1.82) is 0 Å². The average Bonchev–Trinajstić information content (AvgIpc) is 2.80. The highest BCUT2D eigenvalue weighted by molar-refractivity contribution is 5.58. The number of halogens is 1. The number of benzene rings is 4. The highest BCUT2D eigenvalue weighted by atomic mass is 19.1. The molecule has 140 valence electrons. The van der Waals surface area contributed by atoms with E-state index in [2.05, 4.69) is 47.4 Å². The van der Waals surface area contributed by atoms with Gasteiger partial charge in [-0.15, -0.1) is 0 Å². The van der Waals surface area contributed by atoms with Gasteiger partial charge in [-0.3, -0.25) is 0 Å². The molecule has 0 radical (unpaired) electrons. The van der Waals surface area contributed by atoms with Crippen LogP contribution in [0.4, 0.5) is 10.1 Å². The van der Waals surface area contributed by atoms with E-state index in [9.17, 15) is 4.39 Å². The minimum Gasteiger partial charge on any atom is -0.207 e. The minimum absolute atomic E-state index is 0.298. The number of rotatable bonds is 5. The van der Waals surface area contributed by atoms with Gasteiger partial charge in [0.2, 0.25) is 0 Å². The fourth-order valence-electron chi connectivity index (χ4n) is 3.41. The van der Waals surface area contributed by atoms with Gasteiger partial charge in [0.05, 0.1) is 11.7 Å². The molecular formula is C26H19FN2. The molecule has 0 spiro atoms. The summed E-state index contributed by atoms with van der Waals surface area (Å²) in [4.78, 5) is 9.20. The molecule has 0 N–H and O–H groups in total. The van der Waals surface area contributed by atoms with E-state index in [0.29, 0.717) is 5.69 Å². The zero-order valence-electron chi connectivity index (χ0n) is 15.7. The van der Waals surface area contributed by atoms with E-state index in [1.54, 1.807) is 12.1 Å². The number of nitrogens with zero attached hydrogens (tertiary/aromatic N) is 2. The molecule has 0 fully saturated rings. The summed E-state index contributed by atoms with van der Waals surface area (Å²) in [6.45, 7) is 0.